The molecule has 2 amide bonds. The number of carbonyl (C=O) groups is 1. The number of nitrogens with one attached hydrogen (secondary N) is 2. The number of hydrogen-bond acceptors (Lipinski definition) is 4. The normalized spacial score (nSPS) is 22.9. The average molecular weight is 286 g/mol. The second-order valence-electron chi connectivity index (χ2n) is 4.52. The van der Waals surface area contributed by atoms with Gasteiger partial charge in [0.2, 0.25) is 0 Å². The molecule has 0 spiro atoms. The molecule has 0 aromatic carbocycles. The topological polar surface area (TPSA) is 61.4 Å². The molecule has 2 heterocycles. The summed E-state index contributed by atoms with van der Waals surface area (Å²) in [5.41, 5.74) is 0.529. The summed E-state index contributed by atoms with van der Waals surface area (Å²) in [5.74, 6) is 1.68. The van der Waals surface area contributed by atoms with Crippen molar-refractivity contribution in [3.8, 4) is 0 Å². The Morgan fingerprint density at radius 1 is 1.50 bits per heavy atom. The van der Waals surface area contributed by atoms with Gasteiger partial charge in [-0.05, 0) is 41.0 Å². The van der Waals surface area contributed by atoms with Crippen LogP contribution in [0.25, 0.3) is 0 Å². The Hall–Kier alpha value is -0.720. The molecular formula is C12H18N2O2S2. The fraction of sp³-hybridized carbons (Fsp3) is 0.583. The van der Waals surface area contributed by atoms with E-state index in [1.165, 1.54) is 5.56 Å². The van der Waals surface area contributed by atoms with Gasteiger partial charge in [-0.3, -0.25) is 0 Å². The standard InChI is InChI=1S/C12H18N2O2S2/c15-11(13-4-1-10-2-5-17-7-10)14-8-12(16)3-6-18-9-12/h2,5,7,16H,1,3-4,6,8-9H2,(H2,13,14,15). The number of urea groups is 1. The van der Waals surface area contributed by atoms with Crippen LogP contribution >= 0.6 is 23.1 Å². The van der Waals surface area contributed by atoms with Crippen LogP contribution in [0, 0.1) is 0 Å². The number of thioether (sulfide) groups is 1. The first kappa shape index (κ1) is 13.7. The fourth-order valence-electron chi connectivity index (χ4n) is 1.80. The van der Waals surface area contributed by atoms with Gasteiger partial charge in [-0.2, -0.15) is 23.1 Å². The zero-order chi connectivity index (χ0) is 12.8. The van der Waals surface area contributed by atoms with E-state index in [9.17, 15) is 9.90 Å². The lowest BCUT2D eigenvalue weighted by atomic mass is 10.0. The average Bonchev–Trinajstić information content (AvgIpc) is 2.99. The lowest BCUT2D eigenvalue weighted by Crippen LogP contribution is -2.46. The molecule has 1 aromatic rings. The van der Waals surface area contributed by atoms with E-state index in [1.54, 1.807) is 23.1 Å². The molecule has 0 bridgehead atoms. The molecule has 1 fully saturated rings. The highest BCUT2D eigenvalue weighted by atomic mass is 32.2. The number of rotatable bonds is 5. The van der Waals surface area contributed by atoms with Crippen molar-refractivity contribution in [1.29, 1.82) is 0 Å². The second kappa shape index (κ2) is 6.45. The van der Waals surface area contributed by atoms with Gasteiger partial charge < -0.3 is 15.7 Å². The van der Waals surface area contributed by atoms with E-state index in [0.29, 0.717) is 18.8 Å². The molecule has 1 unspecified atom stereocenters. The predicted molar refractivity (Wildman–Crippen MR) is 76.3 cm³/mol. The van der Waals surface area contributed by atoms with E-state index in [4.69, 9.17) is 0 Å². The highest BCUT2D eigenvalue weighted by Crippen LogP contribution is 2.26. The summed E-state index contributed by atoms with van der Waals surface area (Å²) in [6.45, 7) is 0.958. The van der Waals surface area contributed by atoms with Gasteiger partial charge in [-0.15, -0.1) is 0 Å². The van der Waals surface area contributed by atoms with E-state index < -0.39 is 5.60 Å². The van der Waals surface area contributed by atoms with Gasteiger partial charge in [-0.25, -0.2) is 4.79 Å². The third kappa shape index (κ3) is 4.19. The van der Waals surface area contributed by atoms with Crippen molar-refractivity contribution >= 4 is 29.1 Å². The molecular weight excluding hydrogens is 268 g/mol. The third-order valence-corrected chi connectivity index (χ3v) is 4.91. The number of carbonyl (C=O) groups excluding carboxylic acids is 1. The Balaban J connectivity index is 1.60. The Labute approximate surface area is 115 Å². The molecule has 0 aliphatic carbocycles. The van der Waals surface area contributed by atoms with Crippen LogP contribution in [0.5, 0.6) is 0 Å². The van der Waals surface area contributed by atoms with E-state index in [0.717, 1.165) is 18.6 Å². The van der Waals surface area contributed by atoms with Gasteiger partial charge >= 0.3 is 6.03 Å². The van der Waals surface area contributed by atoms with E-state index in [-0.39, 0.29) is 6.03 Å². The number of aliphatic hydroxyl groups is 1. The second-order valence-corrected chi connectivity index (χ2v) is 6.40. The van der Waals surface area contributed by atoms with E-state index in [2.05, 4.69) is 22.1 Å². The molecule has 0 radical (unpaired) electrons. The van der Waals surface area contributed by atoms with Crippen molar-refractivity contribution < 1.29 is 9.90 Å². The van der Waals surface area contributed by atoms with Crippen LogP contribution in [-0.2, 0) is 6.42 Å². The van der Waals surface area contributed by atoms with Crippen molar-refractivity contribution in [2.45, 2.75) is 18.4 Å². The molecule has 1 saturated heterocycles. The molecule has 4 nitrogen and oxygen atoms in total. The van der Waals surface area contributed by atoms with Crippen LogP contribution in [0.1, 0.15) is 12.0 Å². The van der Waals surface area contributed by atoms with Crippen LogP contribution in [0.3, 0.4) is 0 Å². The zero-order valence-electron chi connectivity index (χ0n) is 10.1. The summed E-state index contributed by atoms with van der Waals surface area (Å²) in [5, 5.41) is 19.7. The first-order valence-electron chi connectivity index (χ1n) is 6.01. The van der Waals surface area contributed by atoms with Crippen molar-refractivity contribution in [2.75, 3.05) is 24.6 Å². The highest BCUT2D eigenvalue weighted by molar-refractivity contribution is 7.99. The molecule has 3 N–H and O–H groups in total. The molecule has 6 heteroatoms. The van der Waals surface area contributed by atoms with Gasteiger partial charge in [-0.1, -0.05) is 0 Å². The first-order valence-corrected chi connectivity index (χ1v) is 8.11. The molecule has 2 rings (SSSR count). The minimum absolute atomic E-state index is 0.199. The lowest BCUT2D eigenvalue weighted by Gasteiger charge is -2.21. The first-order chi connectivity index (χ1) is 8.68. The molecule has 100 valence electrons. The molecule has 0 saturated carbocycles. The van der Waals surface area contributed by atoms with Crippen LogP contribution in [-0.4, -0.2) is 41.3 Å². The van der Waals surface area contributed by atoms with Crippen LogP contribution in [0.2, 0.25) is 0 Å². The summed E-state index contributed by atoms with van der Waals surface area (Å²) in [4.78, 5) is 11.5. The van der Waals surface area contributed by atoms with Gasteiger partial charge in [0.15, 0.2) is 0 Å². The zero-order valence-corrected chi connectivity index (χ0v) is 11.8. The fourth-order valence-corrected chi connectivity index (χ4v) is 3.80. The Bertz CT molecular complexity index is 375. The summed E-state index contributed by atoms with van der Waals surface area (Å²) >= 11 is 3.39. The monoisotopic (exact) mass is 286 g/mol. The summed E-state index contributed by atoms with van der Waals surface area (Å²) in [7, 11) is 0. The maximum Gasteiger partial charge on any atom is 0.314 e. The van der Waals surface area contributed by atoms with Gasteiger partial charge in [0, 0.05) is 18.8 Å². The third-order valence-electron chi connectivity index (χ3n) is 2.94. The minimum Gasteiger partial charge on any atom is -0.387 e. The summed E-state index contributed by atoms with van der Waals surface area (Å²) < 4.78 is 0. The van der Waals surface area contributed by atoms with Crippen LogP contribution in [0.4, 0.5) is 4.79 Å². The van der Waals surface area contributed by atoms with E-state index in [1.807, 2.05) is 5.38 Å². The quantitative estimate of drug-likeness (QED) is 0.768. The minimum atomic E-state index is -0.713. The predicted octanol–water partition coefficient (Wildman–Crippen LogP) is 1.46. The van der Waals surface area contributed by atoms with Crippen LogP contribution < -0.4 is 10.6 Å². The van der Waals surface area contributed by atoms with Crippen molar-refractivity contribution in [3.63, 3.8) is 0 Å². The van der Waals surface area contributed by atoms with E-state index >= 15 is 0 Å². The van der Waals surface area contributed by atoms with Crippen molar-refractivity contribution in [3.05, 3.63) is 22.4 Å². The molecule has 1 aromatic heterocycles. The Morgan fingerprint density at radius 2 is 2.39 bits per heavy atom. The van der Waals surface area contributed by atoms with Gasteiger partial charge in [0.25, 0.3) is 0 Å². The number of amides is 2. The molecule has 18 heavy (non-hydrogen) atoms. The van der Waals surface area contributed by atoms with Gasteiger partial charge in [0.1, 0.15) is 0 Å². The largest absolute Gasteiger partial charge is 0.387 e. The van der Waals surface area contributed by atoms with Crippen molar-refractivity contribution in [2.24, 2.45) is 0 Å². The molecule has 1 aliphatic rings. The number of thiophene rings is 1. The molecule has 1 aliphatic heterocycles. The van der Waals surface area contributed by atoms with Crippen LogP contribution in [0.15, 0.2) is 16.8 Å². The maximum atomic E-state index is 11.5. The summed E-state index contributed by atoms with van der Waals surface area (Å²) in [6, 6.07) is 1.86. The SMILES string of the molecule is O=C(NCCc1ccsc1)NCC1(O)CCSC1. The molecule has 1 atom stereocenters. The Morgan fingerprint density at radius 3 is 3.06 bits per heavy atom. The van der Waals surface area contributed by atoms with Crippen molar-refractivity contribution in [1.82, 2.24) is 10.6 Å². The van der Waals surface area contributed by atoms with Gasteiger partial charge in [0.05, 0.1) is 5.60 Å². The summed E-state index contributed by atoms with van der Waals surface area (Å²) in [6.07, 6.45) is 1.60. The highest BCUT2D eigenvalue weighted by Gasteiger charge is 2.31. The maximum absolute atomic E-state index is 11.5. The number of hydrogen-bond donors (Lipinski definition) is 3. The lowest BCUT2D eigenvalue weighted by molar-refractivity contribution is 0.0700. The smallest absolute Gasteiger partial charge is 0.314 e. The Kier molecular flexibility index (Phi) is 4.91.